The maximum Gasteiger partial charge on any atom is 0.0259 e. The van der Waals surface area contributed by atoms with E-state index < -0.39 is 0 Å². The van der Waals surface area contributed by atoms with Crippen LogP contribution in [0.1, 0.15) is 20.8 Å². The lowest BCUT2D eigenvalue weighted by Gasteiger charge is -2.42. The normalized spacial score (nSPS) is 39.8. The van der Waals surface area contributed by atoms with E-state index in [9.17, 15) is 0 Å². The monoisotopic (exact) mass is 211 g/mol. The van der Waals surface area contributed by atoms with Crippen LogP contribution >= 0.6 is 0 Å². The first-order chi connectivity index (χ1) is 7.22. The average Bonchev–Trinajstić information content (AvgIpc) is 2.64. The predicted octanol–water partition coefficient (Wildman–Crippen LogP) is 0.620. The van der Waals surface area contributed by atoms with E-state index in [1.807, 2.05) is 0 Å². The third kappa shape index (κ3) is 2.35. The predicted molar refractivity (Wildman–Crippen MR) is 64.1 cm³/mol. The van der Waals surface area contributed by atoms with Crippen molar-refractivity contribution in [2.24, 2.45) is 5.92 Å². The second kappa shape index (κ2) is 4.81. The second-order valence-corrected chi connectivity index (χ2v) is 5.18. The number of hydrogen-bond donors (Lipinski definition) is 1. The highest BCUT2D eigenvalue weighted by Crippen LogP contribution is 2.19. The molecule has 15 heavy (non-hydrogen) atoms. The minimum absolute atomic E-state index is 0.733. The molecule has 0 spiro atoms. The Morgan fingerprint density at radius 2 is 2.00 bits per heavy atom. The van der Waals surface area contributed by atoms with Crippen LogP contribution < -0.4 is 5.32 Å². The summed E-state index contributed by atoms with van der Waals surface area (Å²) in [6.45, 7) is 14.4. The van der Waals surface area contributed by atoms with E-state index in [0.29, 0.717) is 0 Å². The average molecular weight is 211 g/mol. The van der Waals surface area contributed by atoms with Crippen LogP contribution in [0.15, 0.2) is 0 Å². The van der Waals surface area contributed by atoms with E-state index in [-0.39, 0.29) is 0 Å². The van der Waals surface area contributed by atoms with Gasteiger partial charge in [0.15, 0.2) is 0 Å². The van der Waals surface area contributed by atoms with Gasteiger partial charge in [-0.3, -0.25) is 9.80 Å². The van der Waals surface area contributed by atoms with Gasteiger partial charge in [-0.2, -0.15) is 0 Å². The number of piperazine rings is 1. The molecule has 2 aliphatic heterocycles. The van der Waals surface area contributed by atoms with Crippen molar-refractivity contribution in [2.45, 2.75) is 32.9 Å². The Balaban J connectivity index is 1.90. The van der Waals surface area contributed by atoms with Crippen LogP contribution in [-0.4, -0.2) is 61.2 Å². The smallest absolute Gasteiger partial charge is 0.0259 e. The summed E-state index contributed by atoms with van der Waals surface area (Å²) in [5.74, 6) is 0.824. The van der Waals surface area contributed by atoms with Crippen LogP contribution in [0.2, 0.25) is 0 Å². The van der Waals surface area contributed by atoms with E-state index in [2.05, 4.69) is 35.9 Å². The van der Waals surface area contributed by atoms with Crippen LogP contribution in [0.3, 0.4) is 0 Å². The van der Waals surface area contributed by atoms with Gasteiger partial charge in [0.1, 0.15) is 0 Å². The lowest BCUT2D eigenvalue weighted by atomic mass is 10.0. The van der Waals surface area contributed by atoms with Crippen LogP contribution in [0, 0.1) is 5.92 Å². The fraction of sp³-hybridized carbons (Fsp3) is 1.00. The molecule has 2 fully saturated rings. The fourth-order valence-corrected chi connectivity index (χ4v) is 3.08. The fourth-order valence-electron chi connectivity index (χ4n) is 3.08. The summed E-state index contributed by atoms with van der Waals surface area (Å²) >= 11 is 0. The second-order valence-electron chi connectivity index (χ2n) is 5.18. The topological polar surface area (TPSA) is 18.5 Å². The lowest BCUT2D eigenvalue weighted by Crippen LogP contribution is -2.56. The van der Waals surface area contributed by atoms with Crippen molar-refractivity contribution >= 4 is 0 Å². The first-order valence-corrected chi connectivity index (χ1v) is 6.41. The molecule has 0 aromatic carbocycles. The molecule has 0 saturated carbocycles. The molecule has 0 bridgehead atoms. The Morgan fingerprint density at radius 1 is 1.20 bits per heavy atom. The first kappa shape index (κ1) is 11.4. The lowest BCUT2D eigenvalue weighted by molar-refractivity contribution is 0.0535. The van der Waals surface area contributed by atoms with Gasteiger partial charge in [-0.25, -0.2) is 0 Å². The summed E-state index contributed by atoms with van der Waals surface area (Å²) in [6.07, 6.45) is 0. The van der Waals surface area contributed by atoms with Crippen molar-refractivity contribution in [1.82, 2.24) is 15.1 Å². The zero-order chi connectivity index (χ0) is 10.8. The molecule has 0 radical (unpaired) electrons. The molecular weight excluding hydrogens is 186 g/mol. The van der Waals surface area contributed by atoms with Crippen LogP contribution in [0.4, 0.5) is 0 Å². The molecule has 2 heterocycles. The molecule has 3 unspecified atom stereocenters. The Labute approximate surface area is 93.8 Å². The maximum atomic E-state index is 3.50. The summed E-state index contributed by atoms with van der Waals surface area (Å²) < 4.78 is 0. The van der Waals surface area contributed by atoms with Gasteiger partial charge in [0.25, 0.3) is 0 Å². The Kier molecular flexibility index (Phi) is 3.65. The number of rotatable bonds is 2. The molecule has 88 valence electrons. The molecule has 0 aromatic rings. The van der Waals surface area contributed by atoms with Crippen LogP contribution in [0.25, 0.3) is 0 Å². The summed E-state index contributed by atoms with van der Waals surface area (Å²) in [6, 6.07) is 1.52. The molecule has 1 N–H and O–H groups in total. The standard InChI is InChI=1S/C12H25N3/c1-4-14-5-6-15(9-11(14)3)12-8-13-7-10(12)2/h10-13H,4-9H2,1-3H3. The highest BCUT2D eigenvalue weighted by molar-refractivity contribution is 4.90. The van der Waals surface area contributed by atoms with E-state index in [1.165, 1.54) is 39.3 Å². The van der Waals surface area contributed by atoms with E-state index in [1.54, 1.807) is 0 Å². The van der Waals surface area contributed by atoms with E-state index in [4.69, 9.17) is 0 Å². The van der Waals surface area contributed by atoms with Gasteiger partial charge in [0, 0.05) is 38.3 Å². The third-order valence-electron chi connectivity index (χ3n) is 4.15. The summed E-state index contributed by atoms with van der Waals surface area (Å²) in [4.78, 5) is 5.28. The van der Waals surface area contributed by atoms with Crippen LogP contribution in [0.5, 0.6) is 0 Å². The summed E-state index contributed by atoms with van der Waals surface area (Å²) in [5.41, 5.74) is 0. The Bertz CT molecular complexity index is 207. The Hall–Kier alpha value is -0.120. The van der Waals surface area contributed by atoms with Crippen molar-refractivity contribution in [2.75, 3.05) is 39.3 Å². The van der Waals surface area contributed by atoms with Crippen LogP contribution in [-0.2, 0) is 0 Å². The molecule has 2 aliphatic rings. The summed E-state index contributed by atoms with van der Waals surface area (Å²) in [5, 5.41) is 3.50. The highest BCUT2D eigenvalue weighted by Gasteiger charge is 2.32. The first-order valence-electron chi connectivity index (χ1n) is 6.41. The number of nitrogens with one attached hydrogen (secondary N) is 1. The Morgan fingerprint density at radius 3 is 2.53 bits per heavy atom. The minimum atomic E-state index is 0.733. The van der Waals surface area contributed by atoms with Gasteiger partial charge in [-0.1, -0.05) is 13.8 Å². The van der Waals surface area contributed by atoms with Crippen molar-refractivity contribution in [1.29, 1.82) is 0 Å². The van der Waals surface area contributed by atoms with Gasteiger partial charge >= 0.3 is 0 Å². The largest absolute Gasteiger partial charge is 0.315 e. The quantitative estimate of drug-likeness (QED) is 0.722. The minimum Gasteiger partial charge on any atom is -0.315 e. The van der Waals surface area contributed by atoms with Gasteiger partial charge in [0.05, 0.1) is 0 Å². The highest BCUT2D eigenvalue weighted by atomic mass is 15.3. The molecule has 3 atom stereocenters. The van der Waals surface area contributed by atoms with Gasteiger partial charge in [-0.15, -0.1) is 0 Å². The molecule has 0 aromatic heterocycles. The molecule has 0 aliphatic carbocycles. The van der Waals surface area contributed by atoms with E-state index >= 15 is 0 Å². The molecule has 0 amide bonds. The molecule has 3 nitrogen and oxygen atoms in total. The van der Waals surface area contributed by atoms with Gasteiger partial charge in [-0.05, 0) is 25.9 Å². The molecule has 3 heteroatoms. The molecular formula is C12H25N3. The number of nitrogens with zero attached hydrogens (tertiary/aromatic N) is 2. The van der Waals surface area contributed by atoms with Crippen molar-refractivity contribution in [3.63, 3.8) is 0 Å². The zero-order valence-corrected chi connectivity index (χ0v) is 10.4. The SMILES string of the molecule is CCN1CCN(C2CNCC2C)CC1C. The van der Waals surface area contributed by atoms with Crippen molar-refractivity contribution in [3.05, 3.63) is 0 Å². The number of hydrogen-bond acceptors (Lipinski definition) is 3. The molecule has 2 saturated heterocycles. The summed E-state index contributed by atoms with van der Waals surface area (Å²) in [7, 11) is 0. The number of likely N-dealkylation sites (N-methyl/N-ethyl adjacent to an activating group) is 1. The maximum absolute atomic E-state index is 3.50. The third-order valence-corrected chi connectivity index (χ3v) is 4.15. The zero-order valence-electron chi connectivity index (χ0n) is 10.4. The van der Waals surface area contributed by atoms with Crippen molar-refractivity contribution < 1.29 is 0 Å². The van der Waals surface area contributed by atoms with Gasteiger partial charge < -0.3 is 5.32 Å². The van der Waals surface area contributed by atoms with Crippen molar-refractivity contribution in [3.8, 4) is 0 Å². The van der Waals surface area contributed by atoms with E-state index in [0.717, 1.165) is 18.0 Å². The van der Waals surface area contributed by atoms with Gasteiger partial charge in [0.2, 0.25) is 0 Å². The molecule has 2 rings (SSSR count).